The van der Waals surface area contributed by atoms with Crippen molar-refractivity contribution in [2.75, 3.05) is 0 Å². The standard InChI is InChI=1S/C24H29N5O4/c1-16(2)13-20(27-24(32)29-11-7-3-4-8-12-29)22(30)26-21(23(31)28-33)14-17-15-25-19-10-6-5-9-18(17)19/h3-12,15-16,20-21,25,33H,13-14H2,1-2H3,(H,26,30)(H,27,32)(H,28,31)/t20-,21-/m0/s1. The molecule has 0 fully saturated rings. The summed E-state index contributed by atoms with van der Waals surface area (Å²) in [6, 6.07) is 5.24. The minimum atomic E-state index is -1.03. The van der Waals surface area contributed by atoms with Gasteiger partial charge in [0.1, 0.15) is 12.1 Å². The maximum atomic E-state index is 13.1. The minimum Gasteiger partial charge on any atom is -0.361 e. The van der Waals surface area contributed by atoms with Crippen LogP contribution >= 0.6 is 0 Å². The van der Waals surface area contributed by atoms with E-state index in [2.05, 4.69) is 15.6 Å². The molecule has 1 aliphatic rings. The highest BCUT2D eigenvalue weighted by atomic mass is 16.5. The van der Waals surface area contributed by atoms with E-state index >= 15 is 0 Å². The van der Waals surface area contributed by atoms with Gasteiger partial charge in [0.25, 0.3) is 5.91 Å². The number of rotatable bonds is 8. The molecule has 0 spiro atoms. The van der Waals surface area contributed by atoms with E-state index in [1.54, 1.807) is 48.4 Å². The highest BCUT2D eigenvalue weighted by Crippen LogP contribution is 2.19. The van der Waals surface area contributed by atoms with Crippen molar-refractivity contribution in [3.8, 4) is 0 Å². The van der Waals surface area contributed by atoms with Crippen molar-refractivity contribution < 1.29 is 19.6 Å². The Morgan fingerprint density at radius 3 is 2.33 bits per heavy atom. The predicted octanol–water partition coefficient (Wildman–Crippen LogP) is 2.72. The Hall–Kier alpha value is -3.85. The number of amides is 4. The lowest BCUT2D eigenvalue weighted by Crippen LogP contribution is -2.55. The van der Waals surface area contributed by atoms with E-state index < -0.39 is 29.9 Å². The fourth-order valence-corrected chi connectivity index (χ4v) is 3.60. The smallest absolute Gasteiger partial charge is 0.326 e. The van der Waals surface area contributed by atoms with Gasteiger partial charge in [0.05, 0.1) is 0 Å². The van der Waals surface area contributed by atoms with Crippen molar-refractivity contribution >= 4 is 28.7 Å². The number of nitrogens with one attached hydrogen (secondary N) is 4. The number of carbonyl (C=O) groups is 3. The SMILES string of the molecule is CC(C)C[C@H](NC(=O)N1C=CC=CC=C1)C(=O)N[C@@H](Cc1c[nH]c2ccccc12)C(=O)NO. The molecule has 0 saturated carbocycles. The Labute approximate surface area is 192 Å². The monoisotopic (exact) mass is 451 g/mol. The van der Waals surface area contributed by atoms with Crippen LogP contribution in [0.2, 0.25) is 0 Å². The Kier molecular flexibility index (Phi) is 8.04. The number of hydrogen-bond donors (Lipinski definition) is 5. The molecule has 2 heterocycles. The Bertz CT molecular complexity index is 1070. The predicted molar refractivity (Wildman–Crippen MR) is 125 cm³/mol. The second kappa shape index (κ2) is 11.1. The lowest BCUT2D eigenvalue weighted by Gasteiger charge is -2.25. The average molecular weight is 452 g/mol. The number of aromatic amines is 1. The first-order valence-corrected chi connectivity index (χ1v) is 10.8. The summed E-state index contributed by atoms with van der Waals surface area (Å²) in [6.07, 6.45) is 12.5. The molecular weight excluding hydrogens is 422 g/mol. The molecule has 9 heteroatoms. The number of carbonyl (C=O) groups excluding carboxylic acids is 3. The number of benzene rings is 1. The second-order valence-electron chi connectivity index (χ2n) is 8.21. The molecule has 2 aromatic rings. The van der Waals surface area contributed by atoms with Gasteiger partial charge in [-0.3, -0.25) is 19.7 Å². The van der Waals surface area contributed by atoms with Crippen LogP contribution in [0, 0.1) is 5.92 Å². The molecule has 4 amide bonds. The van der Waals surface area contributed by atoms with E-state index in [4.69, 9.17) is 0 Å². The first-order chi connectivity index (χ1) is 15.9. The van der Waals surface area contributed by atoms with Gasteiger partial charge in [0.2, 0.25) is 5.91 Å². The molecule has 0 saturated heterocycles. The van der Waals surface area contributed by atoms with Crippen LogP contribution in [0.5, 0.6) is 0 Å². The summed E-state index contributed by atoms with van der Waals surface area (Å²) < 4.78 is 0. The average Bonchev–Trinajstić information content (AvgIpc) is 3.01. The summed E-state index contributed by atoms with van der Waals surface area (Å²) in [4.78, 5) is 42.7. The van der Waals surface area contributed by atoms with E-state index in [1.165, 1.54) is 4.90 Å². The largest absolute Gasteiger partial charge is 0.361 e. The van der Waals surface area contributed by atoms with Crippen LogP contribution in [0.15, 0.2) is 67.2 Å². The zero-order valence-electron chi connectivity index (χ0n) is 18.6. The lowest BCUT2D eigenvalue weighted by molar-refractivity contribution is -0.135. The van der Waals surface area contributed by atoms with Crippen LogP contribution < -0.4 is 16.1 Å². The molecular formula is C24H29N5O4. The van der Waals surface area contributed by atoms with Crippen molar-refractivity contribution in [3.05, 3.63) is 72.7 Å². The van der Waals surface area contributed by atoms with Gasteiger partial charge in [0.15, 0.2) is 0 Å². The number of fused-ring (bicyclic) bond motifs is 1. The summed E-state index contributed by atoms with van der Waals surface area (Å²) in [5, 5.41) is 15.6. The fraction of sp³-hybridized carbons (Fsp3) is 0.292. The maximum Gasteiger partial charge on any atom is 0.326 e. The van der Waals surface area contributed by atoms with E-state index in [0.717, 1.165) is 16.5 Å². The van der Waals surface area contributed by atoms with Crippen molar-refractivity contribution in [2.24, 2.45) is 5.92 Å². The van der Waals surface area contributed by atoms with E-state index in [0.29, 0.717) is 6.42 Å². The summed E-state index contributed by atoms with van der Waals surface area (Å²) in [5.74, 6) is -1.14. The van der Waals surface area contributed by atoms with Gasteiger partial charge in [-0.2, -0.15) is 0 Å². The molecule has 1 aromatic heterocycles. The third-order valence-corrected chi connectivity index (χ3v) is 5.22. The van der Waals surface area contributed by atoms with Crippen LogP contribution in [0.4, 0.5) is 4.79 Å². The van der Waals surface area contributed by atoms with E-state index in [9.17, 15) is 19.6 Å². The molecule has 0 bridgehead atoms. The maximum absolute atomic E-state index is 13.1. The van der Waals surface area contributed by atoms with Gasteiger partial charge in [-0.1, -0.05) is 44.2 Å². The molecule has 2 atom stereocenters. The Morgan fingerprint density at radius 1 is 0.970 bits per heavy atom. The Morgan fingerprint density at radius 2 is 1.67 bits per heavy atom. The van der Waals surface area contributed by atoms with Gasteiger partial charge in [-0.25, -0.2) is 10.3 Å². The molecule has 0 radical (unpaired) electrons. The number of allylic oxidation sites excluding steroid dienone is 4. The van der Waals surface area contributed by atoms with E-state index in [-0.39, 0.29) is 12.3 Å². The van der Waals surface area contributed by atoms with Gasteiger partial charge >= 0.3 is 6.03 Å². The topological polar surface area (TPSA) is 127 Å². The minimum absolute atomic E-state index is 0.108. The van der Waals surface area contributed by atoms with E-state index in [1.807, 2.05) is 38.1 Å². The zero-order valence-corrected chi connectivity index (χ0v) is 18.6. The van der Waals surface area contributed by atoms with Crippen molar-refractivity contribution in [3.63, 3.8) is 0 Å². The first-order valence-electron chi connectivity index (χ1n) is 10.8. The van der Waals surface area contributed by atoms with Crippen molar-refractivity contribution in [1.29, 1.82) is 0 Å². The highest BCUT2D eigenvalue weighted by Gasteiger charge is 2.28. The number of hydroxylamine groups is 1. The molecule has 3 rings (SSSR count). The lowest BCUT2D eigenvalue weighted by atomic mass is 10.0. The normalized spacial score (nSPS) is 14.7. The molecule has 9 nitrogen and oxygen atoms in total. The van der Waals surface area contributed by atoms with Gasteiger partial charge < -0.3 is 15.6 Å². The molecule has 0 unspecified atom stereocenters. The first kappa shape index (κ1) is 23.8. The molecule has 0 aliphatic carbocycles. The number of nitrogens with zero attached hydrogens (tertiary/aromatic N) is 1. The number of hydrogen-bond acceptors (Lipinski definition) is 4. The Balaban J connectivity index is 1.75. The molecule has 174 valence electrons. The van der Waals surface area contributed by atoms with Gasteiger partial charge in [-0.05, 0) is 36.1 Å². The second-order valence-corrected chi connectivity index (χ2v) is 8.21. The summed E-state index contributed by atoms with van der Waals surface area (Å²) >= 11 is 0. The van der Waals surface area contributed by atoms with Gasteiger partial charge in [0, 0.05) is 35.9 Å². The van der Waals surface area contributed by atoms with Crippen LogP contribution in [-0.2, 0) is 16.0 Å². The van der Waals surface area contributed by atoms with Crippen LogP contribution in [0.3, 0.4) is 0 Å². The number of H-pyrrole nitrogens is 1. The summed E-state index contributed by atoms with van der Waals surface area (Å²) in [6.45, 7) is 3.87. The number of para-hydroxylation sites is 1. The third kappa shape index (κ3) is 6.33. The highest BCUT2D eigenvalue weighted by molar-refractivity contribution is 5.92. The fourth-order valence-electron chi connectivity index (χ4n) is 3.60. The van der Waals surface area contributed by atoms with Gasteiger partial charge in [-0.15, -0.1) is 0 Å². The molecule has 1 aromatic carbocycles. The quantitative estimate of drug-likeness (QED) is 0.312. The van der Waals surface area contributed by atoms with Crippen LogP contribution in [0.25, 0.3) is 10.9 Å². The van der Waals surface area contributed by atoms with Crippen LogP contribution in [-0.4, -0.2) is 45.0 Å². The molecule has 33 heavy (non-hydrogen) atoms. The zero-order chi connectivity index (χ0) is 23.8. The number of aromatic nitrogens is 1. The number of urea groups is 1. The van der Waals surface area contributed by atoms with Crippen molar-refractivity contribution in [1.82, 2.24) is 26.0 Å². The van der Waals surface area contributed by atoms with Crippen LogP contribution in [0.1, 0.15) is 25.8 Å². The molecule has 5 N–H and O–H groups in total. The third-order valence-electron chi connectivity index (χ3n) is 5.22. The van der Waals surface area contributed by atoms with Crippen molar-refractivity contribution in [2.45, 2.75) is 38.8 Å². The summed E-state index contributed by atoms with van der Waals surface area (Å²) in [5.41, 5.74) is 3.34. The summed E-state index contributed by atoms with van der Waals surface area (Å²) in [7, 11) is 0. The molecule has 1 aliphatic heterocycles.